The summed E-state index contributed by atoms with van der Waals surface area (Å²) in [4.78, 5) is 0. The minimum Gasteiger partial charge on any atom is -0.370 e. The zero-order valence-corrected chi connectivity index (χ0v) is 15.9. The van der Waals surface area contributed by atoms with Crippen LogP contribution in [0.25, 0.3) is 0 Å². The van der Waals surface area contributed by atoms with Crippen molar-refractivity contribution in [2.24, 2.45) is 0 Å². The third kappa shape index (κ3) is 1.93. The molecule has 108 valence electrons. The van der Waals surface area contributed by atoms with Gasteiger partial charge in [-0.15, -0.1) is 0 Å². The van der Waals surface area contributed by atoms with E-state index < -0.39 is 26.7 Å². The molecule has 0 amide bonds. The average molecular weight is 479 g/mol. The molecule has 0 aromatic carbocycles. The maximum Gasteiger partial charge on any atom is 0.211 e. The van der Waals surface area contributed by atoms with E-state index in [9.17, 15) is 5.11 Å². The SMILES string of the molecule is OC1(Cl)C(Cl)(Cl)C(Cl)(Cl)C(Cl)(Cl)C(Cl)(Cl)C1(Cl)Cl. The Bertz CT molecular complexity index is 253. The molecular weight excluding hydrogens is 478 g/mol. The van der Waals surface area contributed by atoms with Crippen LogP contribution in [-0.4, -0.2) is 31.8 Å². The smallest absolute Gasteiger partial charge is 0.211 e. The van der Waals surface area contributed by atoms with Gasteiger partial charge in [0.25, 0.3) is 0 Å². The first kappa shape index (κ1) is 19.2. The number of hydrogen-bond donors (Lipinski definition) is 1. The minimum atomic E-state index is -2.87. The molecule has 1 aliphatic rings. The second-order valence-electron chi connectivity index (χ2n) is 3.49. The third-order valence-corrected chi connectivity index (χ3v) is 10.5. The summed E-state index contributed by atoms with van der Waals surface area (Å²) in [7, 11) is 0. The van der Waals surface area contributed by atoms with Crippen molar-refractivity contribution >= 4 is 128 Å². The molecule has 0 bridgehead atoms. The van der Waals surface area contributed by atoms with Crippen LogP contribution in [0.4, 0.5) is 0 Å². The van der Waals surface area contributed by atoms with E-state index in [1.165, 1.54) is 0 Å². The van der Waals surface area contributed by atoms with E-state index in [1.54, 1.807) is 0 Å². The van der Waals surface area contributed by atoms with E-state index >= 15 is 0 Å². The first-order valence-electron chi connectivity index (χ1n) is 3.80. The molecule has 0 aromatic heterocycles. The summed E-state index contributed by atoms with van der Waals surface area (Å²) in [6.45, 7) is 0. The molecule has 0 spiro atoms. The van der Waals surface area contributed by atoms with Crippen molar-refractivity contribution in [1.82, 2.24) is 0 Å². The third-order valence-electron chi connectivity index (χ3n) is 2.41. The standard InChI is InChI=1S/C6HCl11O/c7-1(8)2(9,10)4(13,14)6(17,18)5(15,16)3(1,11)12/h18H. The van der Waals surface area contributed by atoms with Gasteiger partial charge in [0.1, 0.15) is 0 Å². The fourth-order valence-electron chi connectivity index (χ4n) is 1.20. The van der Waals surface area contributed by atoms with Gasteiger partial charge in [0.2, 0.25) is 5.06 Å². The molecule has 0 saturated heterocycles. The molecule has 0 unspecified atom stereocenters. The van der Waals surface area contributed by atoms with Crippen molar-refractivity contribution in [2.75, 3.05) is 0 Å². The lowest BCUT2D eigenvalue weighted by Gasteiger charge is -2.61. The summed E-state index contributed by atoms with van der Waals surface area (Å²) in [5.74, 6) is 0. The quantitative estimate of drug-likeness (QED) is 0.436. The van der Waals surface area contributed by atoms with Gasteiger partial charge in [-0.1, -0.05) is 128 Å². The van der Waals surface area contributed by atoms with E-state index in [1.807, 2.05) is 0 Å². The molecule has 18 heavy (non-hydrogen) atoms. The summed E-state index contributed by atoms with van der Waals surface area (Å²) in [5, 5.41) is 7.25. The van der Waals surface area contributed by atoms with E-state index in [0.29, 0.717) is 0 Å². The van der Waals surface area contributed by atoms with Crippen LogP contribution in [0.15, 0.2) is 0 Å². The van der Waals surface area contributed by atoms with Gasteiger partial charge >= 0.3 is 0 Å². The van der Waals surface area contributed by atoms with Gasteiger partial charge in [-0.2, -0.15) is 0 Å². The molecule has 12 heteroatoms. The van der Waals surface area contributed by atoms with E-state index in [-0.39, 0.29) is 0 Å². The van der Waals surface area contributed by atoms with Crippen molar-refractivity contribution in [3.05, 3.63) is 0 Å². The van der Waals surface area contributed by atoms with Crippen LogP contribution in [-0.2, 0) is 0 Å². The lowest BCUT2D eigenvalue weighted by molar-refractivity contribution is 0.0542. The first-order chi connectivity index (χ1) is 7.50. The van der Waals surface area contributed by atoms with Crippen molar-refractivity contribution in [1.29, 1.82) is 0 Å². The molecule has 0 aromatic rings. The topological polar surface area (TPSA) is 20.2 Å². The molecule has 1 rings (SSSR count). The predicted molar refractivity (Wildman–Crippen MR) is 83.0 cm³/mol. The van der Waals surface area contributed by atoms with Gasteiger partial charge < -0.3 is 5.11 Å². The Balaban J connectivity index is 3.72. The molecular formula is C6HCl11O. The van der Waals surface area contributed by atoms with E-state index in [2.05, 4.69) is 0 Å². The molecule has 1 nitrogen and oxygen atoms in total. The Morgan fingerprint density at radius 1 is 0.389 bits per heavy atom. The highest BCUT2D eigenvalue weighted by Crippen LogP contribution is 2.76. The molecule has 0 aliphatic heterocycles. The highest BCUT2D eigenvalue weighted by Gasteiger charge is 2.88. The van der Waals surface area contributed by atoms with Crippen LogP contribution < -0.4 is 0 Å². The summed E-state index contributed by atoms with van der Waals surface area (Å²) in [6, 6.07) is 0. The van der Waals surface area contributed by atoms with E-state index in [0.717, 1.165) is 0 Å². The fraction of sp³-hybridized carbons (Fsp3) is 1.00. The Hall–Kier alpha value is 3.15. The van der Waals surface area contributed by atoms with Crippen LogP contribution in [0.5, 0.6) is 0 Å². The molecule has 0 heterocycles. The Morgan fingerprint density at radius 3 is 0.778 bits per heavy atom. The molecule has 1 fully saturated rings. The lowest BCUT2D eigenvalue weighted by atomic mass is 9.91. The maximum absolute atomic E-state index is 10.1. The van der Waals surface area contributed by atoms with Crippen molar-refractivity contribution < 1.29 is 5.11 Å². The van der Waals surface area contributed by atoms with Gasteiger partial charge in [-0.25, -0.2) is 0 Å². The molecule has 1 saturated carbocycles. The van der Waals surface area contributed by atoms with Crippen LogP contribution in [0.1, 0.15) is 0 Å². The molecule has 1 aliphatic carbocycles. The Morgan fingerprint density at radius 2 is 0.556 bits per heavy atom. The minimum absolute atomic E-state index is 2.47. The van der Waals surface area contributed by atoms with Crippen molar-refractivity contribution in [2.45, 2.75) is 26.7 Å². The van der Waals surface area contributed by atoms with Gasteiger partial charge in [-0.05, 0) is 0 Å². The van der Waals surface area contributed by atoms with Crippen LogP contribution >= 0.6 is 128 Å². The van der Waals surface area contributed by atoms with Gasteiger partial charge in [0.05, 0.1) is 0 Å². The lowest BCUT2D eigenvalue weighted by Crippen LogP contribution is -2.80. The Kier molecular flexibility index (Phi) is 5.14. The monoisotopic (exact) mass is 474 g/mol. The molecule has 0 radical (unpaired) electrons. The highest BCUT2D eigenvalue weighted by atomic mass is 35.6. The van der Waals surface area contributed by atoms with Gasteiger partial charge in [0.15, 0.2) is 21.7 Å². The summed E-state index contributed by atoms with van der Waals surface area (Å²) in [5.41, 5.74) is 0. The van der Waals surface area contributed by atoms with Crippen LogP contribution in [0, 0.1) is 0 Å². The summed E-state index contributed by atoms with van der Waals surface area (Å²) < 4.78 is -12.7. The fourth-order valence-corrected chi connectivity index (χ4v) is 5.27. The largest absolute Gasteiger partial charge is 0.370 e. The van der Waals surface area contributed by atoms with Crippen molar-refractivity contribution in [3.8, 4) is 0 Å². The normalized spacial score (nSPS) is 34.0. The summed E-state index contributed by atoms with van der Waals surface area (Å²) >= 11 is 64.2. The number of rotatable bonds is 0. The molecule has 0 atom stereocenters. The summed E-state index contributed by atoms with van der Waals surface area (Å²) in [6.07, 6.45) is 0. The van der Waals surface area contributed by atoms with Crippen LogP contribution in [0.3, 0.4) is 0 Å². The maximum atomic E-state index is 10.1. The van der Waals surface area contributed by atoms with Gasteiger partial charge in [-0.3, -0.25) is 0 Å². The van der Waals surface area contributed by atoms with E-state index in [4.69, 9.17) is 128 Å². The van der Waals surface area contributed by atoms with Crippen LogP contribution in [0.2, 0.25) is 0 Å². The zero-order valence-electron chi connectivity index (χ0n) is 7.60. The predicted octanol–water partition coefficient (Wildman–Crippen LogP) is 5.80. The highest BCUT2D eigenvalue weighted by molar-refractivity contribution is 6.80. The van der Waals surface area contributed by atoms with Crippen molar-refractivity contribution in [3.63, 3.8) is 0 Å². The zero-order chi connectivity index (χ0) is 15.0. The number of hydrogen-bond acceptors (Lipinski definition) is 1. The first-order valence-corrected chi connectivity index (χ1v) is 7.96. The number of halogens is 11. The Labute approximate surface area is 158 Å². The second kappa shape index (κ2) is 4.82. The number of alkyl halides is 11. The van der Waals surface area contributed by atoms with Gasteiger partial charge in [0, 0.05) is 0 Å². The number of aliphatic hydroxyl groups is 1. The second-order valence-corrected chi connectivity index (χ2v) is 10.7. The average Bonchev–Trinajstić information content (AvgIpc) is 2.14. The molecule has 1 N–H and O–H groups in total.